The van der Waals surface area contributed by atoms with Gasteiger partial charge in [0.15, 0.2) is 0 Å². The first-order valence-corrected chi connectivity index (χ1v) is 6.39. The van der Waals surface area contributed by atoms with E-state index in [1.165, 1.54) is 0 Å². The van der Waals surface area contributed by atoms with Gasteiger partial charge in [0.05, 0.1) is 6.42 Å². The van der Waals surface area contributed by atoms with Crippen molar-refractivity contribution in [2.24, 2.45) is 23.0 Å². The van der Waals surface area contributed by atoms with Crippen molar-refractivity contribution in [3.05, 3.63) is 0 Å². The summed E-state index contributed by atoms with van der Waals surface area (Å²) >= 11 is 0. The summed E-state index contributed by atoms with van der Waals surface area (Å²) in [5.74, 6) is 0.425. The molecule has 0 aromatic heterocycles. The predicted molar refractivity (Wildman–Crippen MR) is 65.1 cm³/mol. The second-order valence-corrected chi connectivity index (χ2v) is 5.60. The molecule has 0 spiro atoms. The van der Waals surface area contributed by atoms with Crippen LogP contribution in [0.3, 0.4) is 0 Å². The lowest BCUT2D eigenvalue weighted by Crippen LogP contribution is -2.49. The van der Waals surface area contributed by atoms with E-state index >= 15 is 0 Å². The number of rotatable bonds is 4. The molecule has 0 aromatic carbocycles. The van der Waals surface area contributed by atoms with Crippen LogP contribution in [0.25, 0.3) is 0 Å². The minimum atomic E-state index is -0.703. The maximum absolute atomic E-state index is 11.1. The van der Waals surface area contributed by atoms with Crippen molar-refractivity contribution in [3.8, 4) is 0 Å². The summed E-state index contributed by atoms with van der Waals surface area (Å²) in [6, 6.07) is 0.0195. The lowest BCUT2D eigenvalue weighted by atomic mass is 9.59. The summed E-state index contributed by atoms with van der Waals surface area (Å²) in [6.07, 6.45) is 4.30. The van der Waals surface area contributed by atoms with Gasteiger partial charge in [-0.1, -0.05) is 27.2 Å². The fourth-order valence-electron chi connectivity index (χ4n) is 3.35. The van der Waals surface area contributed by atoms with Gasteiger partial charge in [-0.3, -0.25) is 4.79 Å². The Morgan fingerprint density at radius 1 is 1.56 bits per heavy atom. The highest BCUT2D eigenvalue weighted by Gasteiger charge is 2.45. The van der Waals surface area contributed by atoms with Gasteiger partial charge in [0, 0.05) is 6.04 Å². The van der Waals surface area contributed by atoms with Gasteiger partial charge in [0.25, 0.3) is 0 Å². The summed E-state index contributed by atoms with van der Waals surface area (Å²) in [4.78, 5) is 11.1. The first-order chi connectivity index (χ1) is 7.42. The number of hydrogen-bond acceptors (Lipinski definition) is 2. The van der Waals surface area contributed by atoms with Gasteiger partial charge in [-0.15, -0.1) is 0 Å². The normalized spacial score (nSPS) is 37.0. The molecule has 0 heterocycles. The van der Waals surface area contributed by atoms with Crippen molar-refractivity contribution < 1.29 is 9.90 Å². The van der Waals surface area contributed by atoms with Crippen LogP contribution < -0.4 is 5.73 Å². The number of aliphatic carboxylic acids is 1. The molecule has 1 fully saturated rings. The Balaban J connectivity index is 2.89. The largest absolute Gasteiger partial charge is 0.481 e. The van der Waals surface area contributed by atoms with Crippen LogP contribution in [0.1, 0.15) is 52.9 Å². The molecular weight excluding hydrogens is 202 g/mol. The fourth-order valence-corrected chi connectivity index (χ4v) is 3.35. The van der Waals surface area contributed by atoms with Crippen molar-refractivity contribution >= 4 is 5.97 Å². The molecule has 1 aliphatic carbocycles. The van der Waals surface area contributed by atoms with E-state index in [0.717, 1.165) is 25.7 Å². The van der Waals surface area contributed by atoms with Gasteiger partial charge in [0.2, 0.25) is 0 Å². The molecule has 0 saturated heterocycles. The van der Waals surface area contributed by atoms with Gasteiger partial charge in [-0.05, 0) is 36.5 Å². The molecule has 1 saturated carbocycles. The predicted octanol–water partition coefficient (Wildman–Crippen LogP) is 2.64. The molecule has 1 aliphatic rings. The third-order valence-electron chi connectivity index (χ3n) is 4.50. The maximum atomic E-state index is 11.1. The van der Waals surface area contributed by atoms with Gasteiger partial charge in [-0.2, -0.15) is 0 Å². The molecule has 4 unspecified atom stereocenters. The van der Waals surface area contributed by atoms with Crippen LogP contribution >= 0.6 is 0 Å². The number of carboxylic acid groups (broad SMARTS) is 1. The third-order valence-corrected chi connectivity index (χ3v) is 4.50. The van der Waals surface area contributed by atoms with E-state index < -0.39 is 5.97 Å². The molecule has 4 atom stereocenters. The highest BCUT2D eigenvalue weighted by molar-refractivity contribution is 5.68. The molecule has 0 radical (unpaired) electrons. The SMILES string of the molecule is CCC(N)C1(CC(=O)O)CCC(C)CC1C. The molecule has 3 nitrogen and oxygen atoms in total. The van der Waals surface area contributed by atoms with E-state index in [9.17, 15) is 4.79 Å². The van der Waals surface area contributed by atoms with E-state index in [4.69, 9.17) is 10.8 Å². The molecule has 0 aromatic rings. The first-order valence-electron chi connectivity index (χ1n) is 6.39. The molecular formula is C13H25NO2. The van der Waals surface area contributed by atoms with E-state index in [1.807, 2.05) is 0 Å². The maximum Gasteiger partial charge on any atom is 0.303 e. The van der Waals surface area contributed by atoms with Crippen molar-refractivity contribution in [3.63, 3.8) is 0 Å². The Labute approximate surface area is 98.4 Å². The monoisotopic (exact) mass is 227 g/mol. The molecule has 16 heavy (non-hydrogen) atoms. The quantitative estimate of drug-likeness (QED) is 0.776. The number of carbonyl (C=O) groups is 1. The molecule has 1 rings (SSSR count). The lowest BCUT2D eigenvalue weighted by molar-refractivity contribution is -0.142. The molecule has 94 valence electrons. The number of nitrogens with two attached hydrogens (primary N) is 1. The number of hydrogen-bond donors (Lipinski definition) is 2. The topological polar surface area (TPSA) is 63.3 Å². The third kappa shape index (κ3) is 2.57. The second kappa shape index (κ2) is 5.17. The minimum Gasteiger partial charge on any atom is -0.481 e. The Kier molecular flexibility index (Phi) is 4.36. The van der Waals surface area contributed by atoms with Gasteiger partial charge in [-0.25, -0.2) is 0 Å². The number of carboxylic acids is 1. The van der Waals surface area contributed by atoms with Crippen LogP contribution in [0.2, 0.25) is 0 Å². The average molecular weight is 227 g/mol. The molecule has 0 bridgehead atoms. The van der Waals surface area contributed by atoms with Gasteiger partial charge < -0.3 is 10.8 Å². The minimum absolute atomic E-state index is 0.0195. The standard InChI is InChI=1S/C13H25NO2/c1-4-11(14)13(8-12(15)16)6-5-9(2)7-10(13)3/h9-11H,4-8,14H2,1-3H3,(H,15,16). The summed E-state index contributed by atoms with van der Waals surface area (Å²) < 4.78 is 0. The zero-order valence-corrected chi connectivity index (χ0v) is 10.7. The summed E-state index contributed by atoms with van der Waals surface area (Å²) in [5.41, 5.74) is 6.03. The first kappa shape index (κ1) is 13.5. The zero-order valence-electron chi connectivity index (χ0n) is 10.7. The van der Waals surface area contributed by atoms with Crippen LogP contribution in [-0.4, -0.2) is 17.1 Å². The molecule has 3 heteroatoms. The van der Waals surface area contributed by atoms with E-state index in [-0.39, 0.29) is 17.9 Å². The van der Waals surface area contributed by atoms with Crippen LogP contribution in [0, 0.1) is 17.3 Å². The van der Waals surface area contributed by atoms with E-state index in [1.54, 1.807) is 0 Å². The summed E-state index contributed by atoms with van der Waals surface area (Å²) in [7, 11) is 0. The van der Waals surface area contributed by atoms with E-state index in [2.05, 4.69) is 20.8 Å². The Bertz CT molecular complexity index is 254. The van der Waals surface area contributed by atoms with Crippen LogP contribution in [0.5, 0.6) is 0 Å². The van der Waals surface area contributed by atoms with Crippen LogP contribution in [0.15, 0.2) is 0 Å². The highest BCUT2D eigenvalue weighted by atomic mass is 16.4. The summed E-state index contributed by atoms with van der Waals surface area (Å²) in [5, 5.41) is 9.10. The van der Waals surface area contributed by atoms with Crippen LogP contribution in [-0.2, 0) is 4.79 Å². The van der Waals surface area contributed by atoms with Crippen molar-refractivity contribution in [2.75, 3.05) is 0 Å². The molecule has 0 aliphatic heterocycles. The molecule has 0 amide bonds. The zero-order chi connectivity index (χ0) is 12.3. The average Bonchev–Trinajstić information content (AvgIpc) is 2.21. The Hall–Kier alpha value is -0.570. The Morgan fingerprint density at radius 3 is 2.62 bits per heavy atom. The van der Waals surface area contributed by atoms with Crippen LogP contribution in [0.4, 0.5) is 0 Å². The smallest absolute Gasteiger partial charge is 0.303 e. The van der Waals surface area contributed by atoms with Crippen molar-refractivity contribution in [1.29, 1.82) is 0 Å². The lowest BCUT2D eigenvalue weighted by Gasteiger charge is -2.47. The second-order valence-electron chi connectivity index (χ2n) is 5.60. The van der Waals surface area contributed by atoms with E-state index in [0.29, 0.717) is 11.8 Å². The van der Waals surface area contributed by atoms with Gasteiger partial charge in [0.1, 0.15) is 0 Å². The summed E-state index contributed by atoms with van der Waals surface area (Å²) in [6.45, 7) is 6.48. The van der Waals surface area contributed by atoms with Crippen molar-refractivity contribution in [1.82, 2.24) is 0 Å². The Morgan fingerprint density at radius 2 is 2.19 bits per heavy atom. The fraction of sp³-hybridized carbons (Fsp3) is 0.923. The van der Waals surface area contributed by atoms with Crippen molar-refractivity contribution in [2.45, 2.75) is 58.9 Å². The highest BCUT2D eigenvalue weighted by Crippen LogP contribution is 2.48. The van der Waals surface area contributed by atoms with Gasteiger partial charge >= 0.3 is 5.97 Å². The molecule has 3 N–H and O–H groups in total.